The van der Waals surface area contributed by atoms with Crippen LogP contribution in [-0.4, -0.2) is 103 Å². The highest BCUT2D eigenvalue weighted by Gasteiger charge is 2.68. The molecule has 15 nitrogen and oxygen atoms in total. The minimum absolute atomic E-state index is 0.240. The number of anilines is 1. The van der Waals surface area contributed by atoms with Crippen molar-refractivity contribution < 1.29 is 54.6 Å². The van der Waals surface area contributed by atoms with E-state index >= 15 is 0 Å². The summed E-state index contributed by atoms with van der Waals surface area (Å²) in [5, 5.41) is 69.1. The predicted octanol–water partition coefficient (Wildman–Crippen LogP) is -1.30. The maximum Gasteiger partial charge on any atom is 0.405 e. The Labute approximate surface area is 226 Å². The quantitative estimate of drug-likeness (QED) is 0.150. The number of fused-ring (bicyclic) bond motifs is 3. The number of aromatic hydroxyl groups is 1. The number of nitrogens with zero attached hydrogens (tertiary/aromatic N) is 1. The number of benzene rings is 1. The van der Waals surface area contributed by atoms with E-state index in [1.165, 1.54) is 31.1 Å². The topological polar surface area (TPSA) is 260 Å². The first kappa shape index (κ1) is 28.5. The molecule has 0 heterocycles. The fraction of sp³-hybridized carbons (Fsp3) is 0.400. The number of hydrogen-bond acceptors (Lipinski definition) is 11. The van der Waals surface area contributed by atoms with Crippen LogP contribution in [-0.2, 0) is 19.2 Å². The maximum atomic E-state index is 13.9. The Hall–Kier alpha value is -4.47. The summed E-state index contributed by atoms with van der Waals surface area (Å²) in [6.45, 7) is 0.904. The van der Waals surface area contributed by atoms with E-state index in [2.05, 4.69) is 5.32 Å². The second-order valence-corrected chi connectivity index (χ2v) is 10.2. The molecule has 3 amide bonds. The van der Waals surface area contributed by atoms with Crippen LogP contribution in [0.3, 0.4) is 0 Å². The molecule has 0 spiro atoms. The monoisotopic (exact) mass is 560 g/mol. The summed E-state index contributed by atoms with van der Waals surface area (Å²) in [7, 11) is 2.81. The molecule has 40 heavy (non-hydrogen) atoms. The number of carbonyl (C=O) groups excluding carboxylic acids is 4. The molecular weight excluding hydrogens is 532 g/mol. The molecule has 4 rings (SSSR count). The van der Waals surface area contributed by atoms with Crippen molar-refractivity contribution in [3.63, 3.8) is 0 Å². The van der Waals surface area contributed by atoms with Gasteiger partial charge in [-0.15, -0.1) is 0 Å². The highest BCUT2D eigenvalue weighted by atomic mass is 16.4. The Bertz CT molecular complexity index is 1430. The van der Waals surface area contributed by atoms with E-state index in [4.69, 9.17) is 10.8 Å². The van der Waals surface area contributed by atoms with Crippen LogP contribution in [0.4, 0.5) is 10.5 Å². The molecule has 0 aromatic heterocycles. The summed E-state index contributed by atoms with van der Waals surface area (Å²) in [6, 6.07) is 1.21. The van der Waals surface area contributed by atoms with Crippen LogP contribution in [0.15, 0.2) is 29.0 Å². The van der Waals surface area contributed by atoms with Crippen molar-refractivity contribution in [1.82, 2.24) is 10.2 Å². The molecule has 15 heteroatoms. The largest absolute Gasteiger partial charge is 0.508 e. The van der Waals surface area contributed by atoms with Gasteiger partial charge in [0.1, 0.15) is 29.4 Å². The molecule has 1 fully saturated rings. The number of carbonyl (C=O) groups is 5. The van der Waals surface area contributed by atoms with Crippen molar-refractivity contribution >= 4 is 40.9 Å². The molecule has 1 aromatic rings. The summed E-state index contributed by atoms with van der Waals surface area (Å²) >= 11 is 0. The molecular formula is C25H28N4O11. The van der Waals surface area contributed by atoms with Crippen molar-refractivity contribution in [1.29, 1.82) is 0 Å². The van der Waals surface area contributed by atoms with Gasteiger partial charge in [0.2, 0.25) is 11.7 Å². The molecule has 0 aliphatic heterocycles. The number of phenolic OH excluding ortho intramolecular Hbond substituents is 1. The number of nitrogens with one attached hydrogen (secondary N) is 2. The Morgan fingerprint density at radius 2 is 1.75 bits per heavy atom. The Kier molecular flexibility index (Phi) is 6.86. The SMILES string of the molecule is C[C@H]1c2ccc(NC(=O)CNC(=O)O)c(O)c2C(O)=C2C(=O)[C@]3(O)C(O)=C(C(N)=O)C(=O)[C@@H](N(C)C)[C@@H]3[C@@H](O)[C@@H]21. The number of rotatable bonds is 5. The van der Waals surface area contributed by atoms with Crippen LogP contribution in [0, 0.1) is 11.8 Å². The van der Waals surface area contributed by atoms with E-state index in [0.717, 1.165) is 0 Å². The molecule has 0 bridgehead atoms. The number of carboxylic acid groups (broad SMARTS) is 1. The summed E-state index contributed by atoms with van der Waals surface area (Å²) in [5.74, 6) is -11.3. The molecule has 0 unspecified atom stereocenters. The number of aliphatic hydroxyl groups is 4. The number of Topliss-reactive ketones (excluding diaryl/α,β-unsaturated/α-hetero) is 2. The maximum absolute atomic E-state index is 13.9. The van der Waals surface area contributed by atoms with Crippen LogP contribution in [0.5, 0.6) is 5.75 Å². The van der Waals surface area contributed by atoms with Gasteiger partial charge in [-0.3, -0.25) is 24.1 Å². The normalized spacial score (nSPS) is 29.5. The Balaban J connectivity index is 1.91. The highest BCUT2D eigenvalue weighted by Crippen LogP contribution is 2.56. The smallest absolute Gasteiger partial charge is 0.405 e. The first-order valence-corrected chi connectivity index (χ1v) is 12.0. The molecule has 0 saturated heterocycles. The van der Waals surface area contributed by atoms with Crippen LogP contribution in [0.1, 0.15) is 24.0 Å². The zero-order valence-electron chi connectivity index (χ0n) is 21.5. The minimum atomic E-state index is -3.05. The molecule has 1 aromatic carbocycles. The van der Waals surface area contributed by atoms with Gasteiger partial charge < -0.3 is 47.0 Å². The lowest BCUT2D eigenvalue weighted by Crippen LogP contribution is -2.70. The molecule has 1 saturated carbocycles. The Morgan fingerprint density at radius 1 is 1.12 bits per heavy atom. The lowest BCUT2D eigenvalue weighted by molar-refractivity contribution is -0.169. The third-order valence-electron chi connectivity index (χ3n) is 7.80. The molecule has 6 atom stereocenters. The van der Waals surface area contributed by atoms with Crippen LogP contribution >= 0.6 is 0 Å². The minimum Gasteiger partial charge on any atom is -0.508 e. The fourth-order valence-corrected chi connectivity index (χ4v) is 6.07. The molecule has 10 N–H and O–H groups in total. The lowest BCUT2D eigenvalue weighted by Gasteiger charge is -2.53. The van der Waals surface area contributed by atoms with Gasteiger partial charge in [0.25, 0.3) is 5.91 Å². The highest BCUT2D eigenvalue weighted by molar-refractivity contribution is 6.24. The number of hydrogen-bond donors (Lipinski definition) is 9. The van der Waals surface area contributed by atoms with Crippen LogP contribution in [0.2, 0.25) is 0 Å². The van der Waals surface area contributed by atoms with Gasteiger partial charge in [-0.1, -0.05) is 13.0 Å². The van der Waals surface area contributed by atoms with E-state index in [1.807, 2.05) is 5.32 Å². The third kappa shape index (κ3) is 3.89. The number of primary amides is 1. The zero-order chi connectivity index (χ0) is 30.0. The van der Waals surface area contributed by atoms with E-state index < -0.39 is 99.9 Å². The first-order chi connectivity index (χ1) is 18.6. The number of phenols is 1. The number of likely N-dealkylation sites (N-methyl/N-ethyl adjacent to an activating group) is 1. The standard InChI is InChI=1S/C25H28N4O11/c1-7-8-4-5-9(28-10(30)6-27-24(38)39)17(31)12(8)18(32)13-11(7)19(33)15-16(29(2)3)20(34)14(23(26)37)22(36)25(15,40)21(13)35/h4-5,7,11,15-16,19,27,31-33,36,40H,6H2,1-3H3,(H2,26,37)(H,28,30)(H,38,39)/t7-,11+,15+,16-,19-,25-/m0/s1. The summed E-state index contributed by atoms with van der Waals surface area (Å²) in [4.78, 5) is 63.2. The molecule has 3 aliphatic carbocycles. The number of nitrogens with two attached hydrogens (primary N) is 1. The summed E-state index contributed by atoms with van der Waals surface area (Å²) in [6.07, 6.45) is -3.20. The van der Waals surface area contributed by atoms with Gasteiger partial charge in [-0.2, -0.15) is 0 Å². The van der Waals surface area contributed by atoms with Gasteiger partial charge in [0.05, 0.1) is 29.3 Å². The van der Waals surface area contributed by atoms with E-state index in [-0.39, 0.29) is 16.8 Å². The fourth-order valence-electron chi connectivity index (χ4n) is 6.07. The first-order valence-electron chi connectivity index (χ1n) is 12.0. The van der Waals surface area contributed by atoms with Crippen molar-refractivity contribution in [2.45, 2.75) is 30.6 Å². The average Bonchev–Trinajstić information content (AvgIpc) is 2.86. The van der Waals surface area contributed by atoms with E-state index in [1.54, 1.807) is 6.92 Å². The third-order valence-corrected chi connectivity index (χ3v) is 7.80. The summed E-state index contributed by atoms with van der Waals surface area (Å²) in [5.41, 5.74) is 0.301. The van der Waals surface area contributed by atoms with Crippen molar-refractivity contribution in [3.05, 3.63) is 40.2 Å². The van der Waals surface area contributed by atoms with Crippen LogP contribution in [0.25, 0.3) is 5.76 Å². The van der Waals surface area contributed by atoms with Crippen molar-refractivity contribution in [2.24, 2.45) is 17.6 Å². The predicted molar refractivity (Wildman–Crippen MR) is 135 cm³/mol. The van der Waals surface area contributed by atoms with Gasteiger partial charge in [-0.25, -0.2) is 4.79 Å². The van der Waals surface area contributed by atoms with Crippen molar-refractivity contribution in [3.8, 4) is 5.75 Å². The van der Waals surface area contributed by atoms with Gasteiger partial charge in [0.15, 0.2) is 11.4 Å². The number of amides is 3. The lowest BCUT2D eigenvalue weighted by atomic mass is 9.54. The zero-order valence-corrected chi connectivity index (χ0v) is 21.5. The molecule has 3 aliphatic rings. The van der Waals surface area contributed by atoms with E-state index in [0.29, 0.717) is 0 Å². The second kappa shape index (κ2) is 9.62. The van der Waals surface area contributed by atoms with Gasteiger partial charge in [0, 0.05) is 11.5 Å². The van der Waals surface area contributed by atoms with Gasteiger partial charge in [-0.05, 0) is 31.6 Å². The number of ketones is 2. The number of aliphatic hydroxyl groups excluding tert-OH is 3. The molecule has 214 valence electrons. The molecule has 0 radical (unpaired) electrons. The van der Waals surface area contributed by atoms with Gasteiger partial charge >= 0.3 is 6.09 Å². The van der Waals surface area contributed by atoms with E-state index in [9.17, 15) is 49.5 Å². The van der Waals surface area contributed by atoms with Crippen molar-refractivity contribution in [2.75, 3.05) is 26.0 Å². The Morgan fingerprint density at radius 3 is 2.30 bits per heavy atom. The summed E-state index contributed by atoms with van der Waals surface area (Å²) < 4.78 is 0. The van der Waals surface area contributed by atoms with Crippen LogP contribution < -0.4 is 16.4 Å². The second-order valence-electron chi connectivity index (χ2n) is 10.2. The average molecular weight is 561 g/mol.